The van der Waals surface area contributed by atoms with Crippen molar-refractivity contribution in [3.05, 3.63) is 63.9 Å². The van der Waals surface area contributed by atoms with Gasteiger partial charge in [-0.25, -0.2) is 4.39 Å². The number of halogens is 2. The smallest absolute Gasteiger partial charge is 0.255 e. The van der Waals surface area contributed by atoms with E-state index < -0.39 is 0 Å². The molecule has 120 valence electrons. The van der Waals surface area contributed by atoms with Gasteiger partial charge in [-0.1, -0.05) is 12.1 Å². The summed E-state index contributed by atoms with van der Waals surface area (Å²) in [6, 6.07) is 12.1. The zero-order valence-electron chi connectivity index (χ0n) is 12.8. The van der Waals surface area contributed by atoms with Crippen molar-refractivity contribution in [2.45, 2.75) is 25.4 Å². The predicted molar refractivity (Wildman–Crippen MR) is 90.0 cm³/mol. The lowest BCUT2D eigenvalue weighted by molar-refractivity contribution is 0.0729. The van der Waals surface area contributed by atoms with E-state index in [1.807, 2.05) is 29.2 Å². The van der Waals surface area contributed by atoms with Gasteiger partial charge in [0, 0.05) is 17.1 Å². The Labute approximate surface area is 143 Å². The van der Waals surface area contributed by atoms with Crippen molar-refractivity contribution >= 4 is 21.8 Å². The Hall–Kier alpha value is -1.88. The lowest BCUT2D eigenvalue weighted by Gasteiger charge is -2.23. The predicted octanol–water partition coefficient (Wildman–Crippen LogP) is 4.40. The van der Waals surface area contributed by atoms with Crippen LogP contribution < -0.4 is 4.74 Å². The van der Waals surface area contributed by atoms with Crippen LogP contribution in [0, 0.1) is 5.82 Å². The van der Waals surface area contributed by atoms with E-state index in [1.54, 1.807) is 7.11 Å². The summed E-state index contributed by atoms with van der Waals surface area (Å²) in [5, 5.41) is 0. The Bertz CT molecular complexity index is 713. The van der Waals surface area contributed by atoms with Crippen LogP contribution in [0.15, 0.2) is 46.9 Å². The number of carbonyl (C=O) groups excluding carboxylic acids is 1. The minimum atomic E-state index is -0.360. The maximum absolute atomic E-state index is 13.2. The molecule has 1 aliphatic carbocycles. The number of benzene rings is 2. The van der Waals surface area contributed by atoms with E-state index in [1.165, 1.54) is 18.2 Å². The normalized spacial score (nSPS) is 13.7. The van der Waals surface area contributed by atoms with Gasteiger partial charge < -0.3 is 9.64 Å². The van der Waals surface area contributed by atoms with Gasteiger partial charge in [-0.3, -0.25) is 4.79 Å². The van der Waals surface area contributed by atoms with Crippen molar-refractivity contribution in [2.75, 3.05) is 7.11 Å². The molecule has 0 N–H and O–H groups in total. The van der Waals surface area contributed by atoms with Gasteiger partial charge in [0.25, 0.3) is 5.91 Å². The first-order valence-electron chi connectivity index (χ1n) is 7.47. The molecule has 0 spiro atoms. The summed E-state index contributed by atoms with van der Waals surface area (Å²) in [6.45, 7) is 0.539. The Morgan fingerprint density at radius 2 is 1.96 bits per heavy atom. The molecule has 0 unspecified atom stereocenters. The maximum atomic E-state index is 13.2. The molecule has 2 aromatic carbocycles. The molecule has 2 aromatic rings. The number of methoxy groups -OCH3 is 1. The van der Waals surface area contributed by atoms with Crippen LogP contribution in [-0.4, -0.2) is 24.0 Å². The lowest BCUT2D eigenvalue weighted by Crippen LogP contribution is -2.32. The zero-order valence-corrected chi connectivity index (χ0v) is 14.3. The van der Waals surface area contributed by atoms with Gasteiger partial charge in [0.1, 0.15) is 11.6 Å². The first-order chi connectivity index (χ1) is 11.1. The van der Waals surface area contributed by atoms with Gasteiger partial charge in [0.2, 0.25) is 0 Å². The first-order valence-corrected chi connectivity index (χ1v) is 8.26. The molecule has 1 fully saturated rings. The second-order valence-corrected chi connectivity index (χ2v) is 6.49. The summed E-state index contributed by atoms with van der Waals surface area (Å²) >= 11 is 3.29. The highest BCUT2D eigenvalue weighted by Gasteiger charge is 2.33. The van der Waals surface area contributed by atoms with E-state index in [0.29, 0.717) is 16.6 Å². The van der Waals surface area contributed by atoms with Crippen molar-refractivity contribution in [3.63, 3.8) is 0 Å². The van der Waals surface area contributed by atoms with E-state index in [0.717, 1.165) is 24.2 Å². The van der Waals surface area contributed by atoms with Gasteiger partial charge in [-0.15, -0.1) is 0 Å². The number of amides is 1. The van der Waals surface area contributed by atoms with E-state index >= 15 is 0 Å². The number of hydrogen-bond donors (Lipinski definition) is 0. The number of rotatable bonds is 5. The molecular weight excluding hydrogens is 361 g/mol. The highest BCUT2D eigenvalue weighted by atomic mass is 79.9. The molecular formula is C18H17BrFNO2. The van der Waals surface area contributed by atoms with Crippen molar-refractivity contribution in [2.24, 2.45) is 0 Å². The molecule has 0 aliphatic heterocycles. The highest BCUT2D eigenvalue weighted by Crippen LogP contribution is 2.31. The van der Waals surface area contributed by atoms with Crippen LogP contribution in [0.1, 0.15) is 28.8 Å². The summed E-state index contributed by atoms with van der Waals surface area (Å²) in [5.41, 5.74) is 1.54. The van der Waals surface area contributed by atoms with Crippen LogP contribution >= 0.6 is 15.9 Å². The Kier molecular flexibility index (Phi) is 4.66. The van der Waals surface area contributed by atoms with Crippen LogP contribution in [0.2, 0.25) is 0 Å². The lowest BCUT2D eigenvalue weighted by atomic mass is 10.1. The van der Waals surface area contributed by atoms with E-state index in [2.05, 4.69) is 15.9 Å². The summed E-state index contributed by atoms with van der Waals surface area (Å²) in [4.78, 5) is 14.7. The monoisotopic (exact) mass is 377 g/mol. The van der Waals surface area contributed by atoms with Crippen molar-refractivity contribution in [1.82, 2.24) is 4.90 Å². The minimum Gasteiger partial charge on any atom is -0.497 e. The highest BCUT2D eigenvalue weighted by molar-refractivity contribution is 9.10. The topological polar surface area (TPSA) is 29.5 Å². The molecule has 0 heterocycles. The molecule has 1 aliphatic rings. The summed E-state index contributed by atoms with van der Waals surface area (Å²) in [5.74, 6) is 0.357. The van der Waals surface area contributed by atoms with Crippen LogP contribution in [0.25, 0.3) is 0 Å². The Morgan fingerprint density at radius 1 is 1.26 bits per heavy atom. The number of carbonyl (C=O) groups is 1. The van der Waals surface area contributed by atoms with Gasteiger partial charge in [-0.05, 0) is 64.7 Å². The molecule has 5 heteroatoms. The van der Waals surface area contributed by atoms with E-state index in [9.17, 15) is 9.18 Å². The van der Waals surface area contributed by atoms with E-state index in [4.69, 9.17) is 4.74 Å². The summed E-state index contributed by atoms with van der Waals surface area (Å²) < 4.78 is 18.9. The number of hydrogen-bond acceptors (Lipinski definition) is 2. The molecule has 1 saturated carbocycles. The molecule has 0 atom stereocenters. The number of nitrogens with zero attached hydrogens (tertiary/aromatic N) is 1. The third kappa shape index (κ3) is 3.72. The standard InChI is InChI=1S/C18H17BrFNO2/c1-23-15-7-2-12(3-8-15)11-21(14-5-6-14)18(22)16-9-4-13(20)10-17(16)19/h2-4,7-10,14H,5-6,11H2,1H3. The molecule has 0 saturated heterocycles. The summed E-state index contributed by atoms with van der Waals surface area (Å²) in [6.07, 6.45) is 2.03. The third-order valence-corrected chi connectivity index (χ3v) is 4.58. The van der Waals surface area contributed by atoms with Crippen molar-refractivity contribution in [3.8, 4) is 5.75 Å². The van der Waals surface area contributed by atoms with Gasteiger partial charge in [0.15, 0.2) is 0 Å². The fraction of sp³-hybridized carbons (Fsp3) is 0.278. The van der Waals surface area contributed by atoms with Gasteiger partial charge in [-0.2, -0.15) is 0 Å². The third-order valence-electron chi connectivity index (χ3n) is 3.92. The molecule has 3 nitrogen and oxygen atoms in total. The number of ether oxygens (including phenoxy) is 1. The van der Waals surface area contributed by atoms with Gasteiger partial charge in [0.05, 0.1) is 12.7 Å². The Morgan fingerprint density at radius 3 is 2.52 bits per heavy atom. The second kappa shape index (κ2) is 6.71. The minimum absolute atomic E-state index is 0.0739. The molecule has 1 amide bonds. The average Bonchev–Trinajstić information content (AvgIpc) is 3.37. The molecule has 0 radical (unpaired) electrons. The average molecular weight is 378 g/mol. The zero-order chi connectivity index (χ0) is 16.4. The van der Waals surface area contributed by atoms with Crippen LogP contribution in [0.5, 0.6) is 5.75 Å². The summed E-state index contributed by atoms with van der Waals surface area (Å²) in [7, 11) is 1.63. The van der Waals surface area contributed by atoms with Crippen LogP contribution in [0.4, 0.5) is 4.39 Å². The van der Waals surface area contributed by atoms with Crippen LogP contribution in [-0.2, 0) is 6.54 Å². The van der Waals surface area contributed by atoms with Crippen molar-refractivity contribution < 1.29 is 13.9 Å². The van der Waals surface area contributed by atoms with E-state index in [-0.39, 0.29) is 17.8 Å². The molecule has 23 heavy (non-hydrogen) atoms. The fourth-order valence-corrected chi connectivity index (χ4v) is 3.02. The molecule has 0 aromatic heterocycles. The first kappa shape index (κ1) is 16.0. The SMILES string of the molecule is COc1ccc(CN(C(=O)c2ccc(F)cc2Br)C2CC2)cc1. The molecule has 3 rings (SSSR count). The largest absolute Gasteiger partial charge is 0.497 e. The Balaban J connectivity index is 1.81. The van der Waals surface area contributed by atoms with Crippen LogP contribution in [0.3, 0.4) is 0 Å². The maximum Gasteiger partial charge on any atom is 0.255 e. The quantitative estimate of drug-likeness (QED) is 0.772. The van der Waals surface area contributed by atoms with Gasteiger partial charge >= 0.3 is 0 Å². The van der Waals surface area contributed by atoms with Crippen molar-refractivity contribution in [1.29, 1.82) is 0 Å². The second-order valence-electron chi connectivity index (χ2n) is 5.64. The fourth-order valence-electron chi connectivity index (χ4n) is 2.50. The molecule has 0 bridgehead atoms.